The van der Waals surface area contributed by atoms with E-state index in [2.05, 4.69) is 9.44 Å². The SMILES string of the molecule is Cc1ccccc1S(=O)(=O)NCC[C@H]1CC[C@@H](NS(=O)(=O)c2ccccc2C)[C@@H](CO)O1. The van der Waals surface area contributed by atoms with Crippen LogP contribution < -0.4 is 9.44 Å². The summed E-state index contributed by atoms with van der Waals surface area (Å²) in [7, 11) is -7.38. The molecule has 1 saturated heterocycles. The maximum absolute atomic E-state index is 12.8. The molecule has 2 aromatic carbocycles. The predicted octanol–water partition coefficient (Wildman–Crippen LogP) is 1.86. The normalized spacial score (nSPS) is 22.0. The first-order valence-corrected chi connectivity index (χ1v) is 13.5. The van der Waals surface area contributed by atoms with Crippen LogP contribution in [-0.4, -0.2) is 53.3 Å². The molecule has 0 aliphatic carbocycles. The summed E-state index contributed by atoms with van der Waals surface area (Å²) in [6, 6.07) is 12.9. The van der Waals surface area contributed by atoms with E-state index in [9.17, 15) is 21.9 Å². The van der Waals surface area contributed by atoms with Crippen LogP contribution in [0, 0.1) is 13.8 Å². The quantitative estimate of drug-likeness (QED) is 0.502. The summed E-state index contributed by atoms with van der Waals surface area (Å²) < 4.78 is 61.7. The maximum atomic E-state index is 12.8. The Labute approximate surface area is 190 Å². The van der Waals surface area contributed by atoms with Crippen LogP contribution in [0.25, 0.3) is 0 Å². The van der Waals surface area contributed by atoms with Crippen LogP contribution in [0.2, 0.25) is 0 Å². The summed E-state index contributed by atoms with van der Waals surface area (Å²) in [5.74, 6) is 0. The van der Waals surface area contributed by atoms with Crippen molar-refractivity contribution in [2.45, 2.75) is 61.2 Å². The van der Waals surface area contributed by atoms with Gasteiger partial charge in [-0.25, -0.2) is 26.3 Å². The number of aliphatic hydroxyl groups is 1. The first kappa shape index (κ1) is 24.8. The second kappa shape index (κ2) is 10.4. The second-order valence-corrected chi connectivity index (χ2v) is 11.4. The van der Waals surface area contributed by atoms with Gasteiger partial charge in [0, 0.05) is 6.54 Å². The molecule has 3 atom stereocenters. The summed E-state index contributed by atoms with van der Waals surface area (Å²) in [6.07, 6.45) is 0.444. The molecule has 3 rings (SSSR count). The van der Waals surface area contributed by atoms with Gasteiger partial charge in [0.15, 0.2) is 0 Å². The van der Waals surface area contributed by atoms with Gasteiger partial charge in [-0.3, -0.25) is 0 Å². The molecule has 0 saturated carbocycles. The molecule has 1 heterocycles. The Kier molecular flexibility index (Phi) is 8.07. The van der Waals surface area contributed by atoms with Gasteiger partial charge in [0.1, 0.15) is 0 Å². The standard InChI is InChI=1S/C22H30N2O6S2/c1-16-7-3-5-9-21(16)31(26,27)23-14-13-18-11-12-19(20(15-25)30-18)24-32(28,29)22-10-6-4-8-17(22)2/h3-10,18-20,23-25H,11-15H2,1-2H3/t18-,19-,20-/m1/s1. The highest BCUT2D eigenvalue weighted by atomic mass is 32.2. The van der Waals surface area contributed by atoms with Gasteiger partial charge in [-0.15, -0.1) is 0 Å². The molecule has 0 bridgehead atoms. The number of ether oxygens (including phenoxy) is 1. The number of aliphatic hydroxyl groups excluding tert-OH is 1. The minimum absolute atomic E-state index is 0.180. The highest BCUT2D eigenvalue weighted by Gasteiger charge is 2.34. The van der Waals surface area contributed by atoms with Crippen LogP contribution >= 0.6 is 0 Å². The number of aryl methyl sites for hydroxylation is 2. The number of hydrogen-bond donors (Lipinski definition) is 3. The van der Waals surface area contributed by atoms with E-state index < -0.39 is 32.2 Å². The van der Waals surface area contributed by atoms with Crippen LogP contribution in [0.1, 0.15) is 30.4 Å². The van der Waals surface area contributed by atoms with E-state index in [1.54, 1.807) is 62.4 Å². The van der Waals surface area contributed by atoms with Gasteiger partial charge < -0.3 is 9.84 Å². The van der Waals surface area contributed by atoms with Gasteiger partial charge in [0.25, 0.3) is 0 Å². The van der Waals surface area contributed by atoms with E-state index in [1.165, 1.54) is 0 Å². The minimum atomic E-state index is -3.75. The Hall–Kier alpha value is -1.82. The lowest BCUT2D eigenvalue weighted by atomic mass is 9.98. The fourth-order valence-corrected chi connectivity index (χ4v) is 6.73. The molecule has 0 unspecified atom stereocenters. The topological polar surface area (TPSA) is 122 Å². The first-order valence-electron chi connectivity index (χ1n) is 10.5. The average Bonchev–Trinajstić information content (AvgIpc) is 2.74. The smallest absolute Gasteiger partial charge is 0.241 e. The van der Waals surface area contributed by atoms with Crippen LogP contribution in [0.3, 0.4) is 0 Å². The third-order valence-corrected chi connectivity index (χ3v) is 8.90. The van der Waals surface area contributed by atoms with Crippen molar-refractivity contribution < 1.29 is 26.7 Å². The molecule has 176 valence electrons. The molecule has 2 aromatic rings. The molecule has 1 aliphatic rings. The van der Waals surface area contributed by atoms with E-state index in [4.69, 9.17) is 4.74 Å². The molecule has 10 heteroatoms. The summed E-state index contributed by atoms with van der Waals surface area (Å²) in [5.41, 5.74) is 1.30. The Morgan fingerprint density at radius 2 is 1.47 bits per heavy atom. The van der Waals surface area contributed by atoms with Gasteiger partial charge in [-0.05, 0) is 56.4 Å². The van der Waals surface area contributed by atoms with Crippen molar-refractivity contribution in [3.8, 4) is 0 Å². The van der Waals surface area contributed by atoms with Crippen LogP contribution in [0.15, 0.2) is 58.3 Å². The monoisotopic (exact) mass is 482 g/mol. The third kappa shape index (κ3) is 5.94. The van der Waals surface area contributed by atoms with Crippen molar-refractivity contribution in [3.05, 3.63) is 59.7 Å². The number of nitrogens with one attached hydrogen (secondary N) is 2. The number of hydrogen-bond acceptors (Lipinski definition) is 6. The fraction of sp³-hybridized carbons (Fsp3) is 0.455. The Morgan fingerprint density at radius 1 is 0.906 bits per heavy atom. The lowest BCUT2D eigenvalue weighted by molar-refractivity contribution is -0.0869. The Bertz CT molecular complexity index is 1130. The van der Waals surface area contributed by atoms with Crippen molar-refractivity contribution in [2.75, 3.05) is 13.2 Å². The second-order valence-electron chi connectivity index (χ2n) is 8.00. The highest BCUT2D eigenvalue weighted by Crippen LogP contribution is 2.24. The maximum Gasteiger partial charge on any atom is 0.241 e. The van der Waals surface area contributed by atoms with Gasteiger partial charge in [0.05, 0.1) is 34.6 Å². The zero-order chi connectivity index (χ0) is 23.4. The zero-order valence-electron chi connectivity index (χ0n) is 18.2. The molecule has 0 amide bonds. The Morgan fingerprint density at radius 3 is 2.03 bits per heavy atom. The first-order chi connectivity index (χ1) is 15.1. The van der Waals surface area contributed by atoms with E-state index in [-0.39, 0.29) is 29.0 Å². The van der Waals surface area contributed by atoms with Crippen molar-refractivity contribution in [1.82, 2.24) is 9.44 Å². The van der Waals surface area contributed by atoms with E-state index in [0.717, 1.165) is 0 Å². The summed E-state index contributed by atoms with van der Waals surface area (Å²) in [6.45, 7) is 3.30. The van der Waals surface area contributed by atoms with Crippen LogP contribution in [0.5, 0.6) is 0 Å². The van der Waals surface area contributed by atoms with Gasteiger partial charge in [0.2, 0.25) is 20.0 Å². The average molecular weight is 483 g/mol. The molecule has 32 heavy (non-hydrogen) atoms. The number of sulfonamides is 2. The zero-order valence-corrected chi connectivity index (χ0v) is 19.8. The van der Waals surface area contributed by atoms with Crippen molar-refractivity contribution >= 4 is 20.0 Å². The van der Waals surface area contributed by atoms with Crippen molar-refractivity contribution in [2.24, 2.45) is 0 Å². The van der Waals surface area contributed by atoms with E-state index in [1.807, 2.05) is 0 Å². The van der Waals surface area contributed by atoms with E-state index >= 15 is 0 Å². The molecular formula is C22H30N2O6S2. The Balaban J connectivity index is 1.57. The lowest BCUT2D eigenvalue weighted by Gasteiger charge is -2.36. The third-order valence-electron chi connectivity index (χ3n) is 5.63. The molecule has 3 N–H and O–H groups in total. The summed E-state index contributed by atoms with van der Waals surface area (Å²) in [5, 5.41) is 9.76. The predicted molar refractivity (Wildman–Crippen MR) is 121 cm³/mol. The molecule has 1 fully saturated rings. The summed E-state index contributed by atoms with van der Waals surface area (Å²) >= 11 is 0. The minimum Gasteiger partial charge on any atom is -0.394 e. The lowest BCUT2D eigenvalue weighted by Crippen LogP contribution is -2.51. The number of rotatable bonds is 9. The molecule has 0 aromatic heterocycles. The largest absolute Gasteiger partial charge is 0.394 e. The molecular weight excluding hydrogens is 452 g/mol. The van der Waals surface area contributed by atoms with Crippen LogP contribution in [-0.2, 0) is 24.8 Å². The van der Waals surface area contributed by atoms with E-state index in [0.29, 0.717) is 30.4 Å². The molecule has 0 spiro atoms. The fourth-order valence-electron chi connectivity index (χ4n) is 3.89. The highest BCUT2D eigenvalue weighted by molar-refractivity contribution is 7.89. The molecule has 1 aliphatic heterocycles. The van der Waals surface area contributed by atoms with Crippen molar-refractivity contribution in [3.63, 3.8) is 0 Å². The summed E-state index contributed by atoms with van der Waals surface area (Å²) in [4.78, 5) is 0.438. The van der Waals surface area contributed by atoms with Gasteiger partial charge >= 0.3 is 0 Å². The van der Waals surface area contributed by atoms with Gasteiger partial charge in [-0.2, -0.15) is 0 Å². The molecule has 8 nitrogen and oxygen atoms in total. The molecule has 0 radical (unpaired) electrons. The number of benzene rings is 2. The van der Waals surface area contributed by atoms with Gasteiger partial charge in [-0.1, -0.05) is 36.4 Å². The van der Waals surface area contributed by atoms with Crippen LogP contribution in [0.4, 0.5) is 0 Å². The van der Waals surface area contributed by atoms with Crippen molar-refractivity contribution in [1.29, 1.82) is 0 Å².